The molecule has 1 atom stereocenters. The number of nitrogens with two attached hydrogens (primary N) is 1. The molecule has 2 aromatic rings. The smallest absolute Gasteiger partial charge is 0.261 e. The lowest BCUT2D eigenvalue weighted by Crippen LogP contribution is -2.26. The number of rotatable bonds is 3. The molecular weight excluding hydrogens is 224 g/mol. The van der Waals surface area contributed by atoms with Crippen molar-refractivity contribution in [3.63, 3.8) is 0 Å². The van der Waals surface area contributed by atoms with Crippen LogP contribution in [0.1, 0.15) is 25.8 Å². The van der Waals surface area contributed by atoms with Gasteiger partial charge in [-0.3, -0.25) is 9.36 Å². The van der Waals surface area contributed by atoms with Crippen molar-refractivity contribution in [1.82, 2.24) is 4.57 Å². The molecule has 0 radical (unpaired) electrons. The van der Waals surface area contributed by atoms with Crippen LogP contribution in [-0.2, 0) is 0 Å². The number of terminal acetylenes is 1. The molecule has 1 aromatic carbocycles. The first kappa shape index (κ1) is 12.3. The Hall–Kier alpha value is -2.21. The van der Waals surface area contributed by atoms with Crippen LogP contribution in [0.3, 0.4) is 0 Å². The number of pyridine rings is 1. The molecule has 0 saturated carbocycles. The molecule has 2 N–H and O–H groups in total. The molecule has 18 heavy (non-hydrogen) atoms. The summed E-state index contributed by atoms with van der Waals surface area (Å²) in [6, 6.07) is 8.93. The highest BCUT2D eigenvalue weighted by Crippen LogP contribution is 2.19. The van der Waals surface area contributed by atoms with Crippen LogP contribution < -0.4 is 11.3 Å². The lowest BCUT2D eigenvalue weighted by Gasteiger charge is -2.17. The second-order valence-corrected chi connectivity index (χ2v) is 4.30. The van der Waals surface area contributed by atoms with E-state index in [-0.39, 0.29) is 11.6 Å². The highest BCUT2D eigenvalue weighted by atomic mass is 16.1. The molecule has 1 aromatic heterocycles. The number of aromatic nitrogens is 1. The molecular formula is C15H16N2O. The first-order valence-corrected chi connectivity index (χ1v) is 6.05. The minimum absolute atomic E-state index is 0.109. The van der Waals surface area contributed by atoms with Crippen LogP contribution in [0, 0.1) is 12.3 Å². The van der Waals surface area contributed by atoms with Gasteiger partial charge in [0.05, 0.1) is 6.04 Å². The maximum absolute atomic E-state index is 12.4. The highest BCUT2D eigenvalue weighted by molar-refractivity contribution is 5.83. The van der Waals surface area contributed by atoms with E-state index in [4.69, 9.17) is 12.2 Å². The molecule has 0 fully saturated rings. The van der Waals surface area contributed by atoms with E-state index in [9.17, 15) is 4.79 Å². The minimum atomic E-state index is -0.271. The van der Waals surface area contributed by atoms with Gasteiger partial charge in [0.25, 0.3) is 5.56 Å². The zero-order chi connectivity index (χ0) is 13.1. The van der Waals surface area contributed by atoms with Gasteiger partial charge in [-0.2, -0.15) is 0 Å². The van der Waals surface area contributed by atoms with Gasteiger partial charge >= 0.3 is 0 Å². The van der Waals surface area contributed by atoms with E-state index in [0.717, 1.165) is 18.2 Å². The maximum Gasteiger partial charge on any atom is 0.261 e. The molecule has 0 aliphatic heterocycles. The fourth-order valence-electron chi connectivity index (χ4n) is 2.18. The maximum atomic E-state index is 12.4. The van der Waals surface area contributed by atoms with Gasteiger partial charge < -0.3 is 5.73 Å². The summed E-state index contributed by atoms with van der Waals surface area (Å²) in [6.45, 7) is 2.03. The fourth-order valence-corrected chi connectivity index (χ4v) is 2.18. The SMILES string of the molecule is C#CC(CCC)n1c(N)cc2ccccc2c1=O. The quantitative estimate of drug-likeness (QED) is 0.838. The van der Waals surface area contributed by atoms with Crippen LogP contribution in [0.25, 0.3) is 10.8 Å². The summed E-state index contributed by atoms with van der Waals surface area (Å²) in [5.41, 5.74) is 5.85. The Balaban J connectivity index is 2.72. The van der Waals surface area contributed by atoms with Gasteiger partial charge in [0.1, 0.15) is 5.82 Å². The number of benzene rings is 1. The van der Waals surface area contributed by atoms with Crippen molar-refractivity contribution in [2.45, 2.75) is 25.8 Å². The van der Waals surface area contributed by atoms with Gasteiger partial charge in [0.2, 0.25) is 0 Å². The van der Waals surface area contributed by atoms with E-state index < -0.39 is 0 Å². The zero-order valence-corrected chi connectivity index (χ0v) is 10.4. The van der Waals surface area contributed by atoms with E-state index in [1.165, 1.54) is 4.57 Å². The first-order chi connectivity index (χ1) is 8.69. The second kappa shape index (κ2) is 4.97. The summed E-state index contributed by atoms with van der Waals surface area (Å²) in [6.07, 6.45) is 7.17. The summed E-state index contributed by atoms with van der Waals surface area (Å²) < 4.78 is 1.52. The number of anilines is 1. The monoisotopic (exact) mass is 240 g/mol. The molecule has 3 heteroatoms. The third-order valence-electron chi connectivity index (χ3n) is 3.06. The first-order valence-electron chi connectivity index (χ1n) is 6.05. The summed E-state index contributed by atoms with van der Waals surface area (Å²) in [7, 11) is 0. The van der Waals surface area contributed by atoms with Crippen molar-refractivity contribution < 1.29 is 0 Å². The van der Waals surface area contributed by atoms with E-state index in [1.807, 2.05) is 25.1 Å². The number of fused-ring (bicyclic) bond motifs is 1. The van der Waals surface area contributed by atoms with Crippen LogP contribution in [0.15, 0.2) is 35.1 Å². The summed E-state index contributed by atoms with van der Waals surface area (Å²) in [4.78, 5) is 12.4. The van der Waals surface area contributed by atoms with E-state index in [2.05, 4.69) is 5.92 Å². The van der Waals surface area contributed by atoms with Crippen molar-refractivity contribution in [1.29, 1.82) is 0 Å². The van der Waals surface area contributed by atoms with Gasteiger partial charge in [0, 0.05) is 5.39 Å². The zero-order valence-electron chi connectivity index (χ0n) is 10.4. The highest BCUT2D eigenvalue weighted by Gasteiger charge is 2.13. The number of hydrogen-bond acceptors (Lipinski definition) is 2. The summed E-state index contributed by atoms with van der Waals surface area (Å²) in [5, 5.41) is 1.51. The molecule has 1 unspecified atom stereocenters. The molecule has 0 bridgehead atoms. The Morgan fingerprint density at radius 2 is 2.17 bits per heavy atom. The number of nitrogen functional groups attached to an aromatic ring is 1. The van der Waals surface area contributed by atoms with Crippen LogP contribution in [0.5, 0.6) is 0 Å². The molecule has 2 rings (SSSR count). The predicted molar refractivity (Wildman–Crippen MR) is 75.4 cm³/mol. The van der Waals surface area contributed by atoms with Crippen molar-refractivity contribution in [2.75, 3.05) is 5.73 Å². The van der Waals surface area contributed by atoms with Crippen molar-refractivity contribution in [2.24, 2.45) is 0 Å². The Morgan fingerprint density at radius 1 is 1.44 bits per heavy atom. The van der Waals surface area contributed by atoms with Gasteiger partial charge in [-0.25, -0.2) is 0 Å². The van der Waals surface area contributed by atoms with Crippen molar-refractivity contribution >= 4 is 16.6 Å². The standard InChI is InChI=1S/C15H16N2O/c1-3-7-12(4-2)17-14(16)10-11-8-5-6-9-13(11)15(17)18/h2,5-6,8-10,12H,3,7,16H2,1H3. The molecule has 0 amide bonds. The second-order valence-electron chi connectivity index (χ2n) is 4.30. The predicted octanol–water partition coefficient (Wildman–Crippen LogP) is 2.56. The Morgan fingerprint density at radius 3 is 2.83 bits per heavy atom. The lowest BCUT2D eigenvalue weighted by atomic mass is 10.1. The Labute approximate surface area is 106 Å². The van der Waals surface area contributed by atoms with E-state index in [0.29, 0.717) is 11.2 Å². The van der Waals surface area contributed by atoms with Crippen molar-refractivity contribution in [3.05, 3.63) is 40.7 Å². The van der Waals surface area contributed by atoms with E-state index >= 15 is 0 Å². The lowest BCUT2D eigenvalue weighted by molar-refractivity contribution is 0.560. The normalized spacial score (nSPS) is 12.2. The van der Waals surface area contributed by atoms with Crippen LogP contribution in [-0.4, -0.2) is 4.57 Å². The van der Waals surface area contributed by atoms with Crippen LogP contribution in [0.2, 0.25) is 0 Å². The van der Waals surface area contributed by atoms with Crippen LogP contribution in [0.4, 0.5) is 5.82 Å². The number of nitrogens with zero attached hydrogens (tertiary/aromatic N) is 1. The molecule has 0 aliphatic carbocycles. The minimum Gasteiger partial charge on any atom is -0.385 e. The van der Waals surface area contributed by atoms with Gasteiger partial charge in [-0.15, -0.1) is 6.42 Å². The van der Waals surface area contributed by atoms with Gasteiger partial charge in [-0.05, 0) is 23.9 Å². The molecule has 1 heterocycles. The Bertz CT molecular complexity index is 664. The largest absolute Gasteiger partial charge is 0.385 e. The Kier molecular flexibility index (Phi) is 3.38. The molecule has 0 saturated heterocycles. The topological polar surface area (TPSA) is 48.0 Å². The summed E-state index contributed by atoms with van der Waals surface area (Å²) in [5.74, 6) is 3.07. The average Bonchev–Trinajstić information content (AvgIpc) is 2.37. The average molecular weight is 240 g/mol. The third kappa shape index (κ3) is 1.98. The number of hydrogen-bond donors (Lipinski definition) is 1. The molecule has 0 aliphatic rings. The van der Waals surface area contributed by atoms with Crippen LogP contribution >= 0.6 is 0 Å². The third-order valence-corrected chi connectivity index (χ3v) is 3.06. The summed E-state index contributed by atoms with van der Waals surface area (Å²) >= 11 is 0. The van der Waals surface area contributed by atoms with Gasteiger partial charge in [0.15, 0.2) is 0 Å². The molecule has 3 nitrogen and oxygen atoms in total. The molecule has 0 spiro atoms. The van der Waals surface area contributed by atoms with E-state index in [1.54, 1.807) is 12.1 Å². The van der Waals surface area contributed by atoms with Crippen molar-refractivity contribution in [3.8, 4) is 12.3 Å². The molecule has 92 valence electrons. The fraction of sp³-hybridized carbons (Fsp3) is 0.267. The van der Waals surface area contributed by atoms with Gasteiger partial charge in [-0.1, -0.05) is 37.5 Å².